The summed E-state index contributed by atoms with van der Waals surface area (Å²) >= 11 is 3.37. The molecule has 120 valence electrons. The first kappa shape index (κ1) is 19.9. The molecule has 0 aromatic carbocycles. The van der Waals surface area contributed by atoms with Crippen LogP contribution in [0.25, 0.3) is 0 Å². The van der Waals surface area contributed by atoms with Gasteiger partial charge in [-0.3, -0.25) is 0 Å². The molecule has 0 nitrogen and oxygen atoms in total. The number of fused-ring (bicyclic) bond motifs is 2. The molecule has 2 atom stereocenters. The minimum atomic E-state index is -0.672. The molecule has 0 bridgehead atoms. The second kappa shape index (κ2) is 7.46. The Kier molecular flexibility index (Phi) is 6.46. The van der Waals surface area contributed by atoms with Crippen molar-refractivity contribution >= 4 is 23.5 Å². The summed E-state index contributed by atoms with van der Waals surface area (Å²) < 4.78 is 3.44. The maximum absolute atomic E-state index is 2.47. The van der Waals surface area contributed by atoms with Crippen LogP contribution in [0.2, 0.25) is 0 Å². The minimum Gasteiger partial charge on any atom is -1.00 e. The van der Waals surface area contributed by atoms with Gasteiger partial charge in [0.1, 0.15) is 0 Å². The molecule has 4 aliphatic rings. The van der Waals surface area contributed by atoms with Crippen LogP contribution in [0.15, 0.2) is 63.0 Å². The van der Waals surface area contributed by atoms with Gasteiger partial charge in [-0.25, -0.2) is 0 Å². The number of allylic oxidation sites excluding steroid dienone is 6. The minimum absolute atomic E-state index is 0. The van der Waals surface area contributed by atoms with Crippen LogP contribution < -0.4 is 24.8 Å². The fraction of sp³-hybridized carbons (Fsp3) is 0.333. The first-order valence-electron chi connectivity index (χ1n) is 7.34. The second-order valence-corrected chi connectivity index (χ2v) is 11.4. The van der Waals surface area contributed by atoms with Crippen LogP contribution in [0, 0.1) is 0 Å². The Labute approximate surface area is 171 Å². The van der Waals surface area contributed by atoms with Gasteiger partial charge in [-0.15, -0.1) is 0 Å². The van der Waals surface area contributed by atoms with E-state index in [9.17, 15) is 0 Å². The Bertz CT molecular complexity index is 676. The van der Waals surface area contributed by atoms with Gasteiger partial charge in [-0.2, -0.15) is 0 Å². The summed E-state index contributed by atoms with van der Waals surface area (Å²) in [5.74, 6) is 0. The summed E-state index contributed by atoms with van der Waals surface area (Å²) in [4.78, 5) is 0. The molecular weight excluding hydrogens is 442 g/mol. The van der Waals surface area contributed by atoms with E-state index >= 15 is 0 Å². The molecule has 2 unspecified atom stereocenters. The topological polar surface area (TPSA) is 0 Å². The normalized spacial score (nSPS) is 27.5. The molecule has 0 fully saturated rings. The second-order valence-electron chi connectivity index (χ2n) is 6.08. The number of hydrogen-bond acceptors (Lipinski definition) is 2. The summed E-state index contributed by atoms with van der Waals surface area (Å²) in [6, 6.07) is 0. The van der Waals surface area contributed by atoms with E-state index in [1.165, 1.54) is 11.1 Å². The molecule has 2 aliphatic heterocycles. The fourth-order valence-electron chi connectivity index (χ4n) is 3.40. The summed E-state index contributed by atoms with van der Waals surface area (Å²) in [5, 5.41) is 6.21. The van der Waals surface area contributed by atoms with Crippen molar-refractivity contribution < 1.29 is 48.0 Å². The van der Waals surface area contributed by atoms with Gasteiger partial charge in [0.15, 0.2) is 0 Å². The largest absolute Gasteiger partial charge is 1.00 e. The Morgan fingerprint density at radius 1 is 0.739 bits per heavy atom. The zero-order chi connectivity index (χ0) is 14.7. The monoisotopic (exact) mass is 458 g/mol. The number of thioether (sulfide) groups is 2. The van der Waals surface area contributed by atoms with Crippen molar-refractivity contribution in [3.8, 4) is 0 Å². The zero-order valence-corrected chi connectivity index (χ0v) is 19.1. The average molecular weight is 461 g/mol. The molecule has 0 aromatic heterocycles. The first-order valence-corrected chi connectivity index (χ1v) is 11.7. The van der Waals surface area contributed by atoms with Gasteiger partial charge in [-0.1, -0.05) is 0 Å². The molecule has 5 heteroatoms. The van der Waals surface area contributed by atoms with Crippen molar-refractivity contribution in [2.45, 2.75) is 38.2 Å². The fourth-order valence-corrected chi connectivity index (χ4v) is 11.2. The molecular formula is C18H18Cl2S2Zr. The van der Waals surface area contributed by atoms with Crippen molar-refractivity contribution in [1.82, 2.24) is 0 Å². The van der Waals surface area contributed by atoms with Crippen LogP contribution in [0.1, 0.15) is 27.7 Å². The zero-order valence-electron chi connectivity index (χ0n) is 13.5. The first-order chi connectivity index (χ1) is 10.1. The van der Waals surface area contributed by atoms with E-state index in [4.69, 9.17) is 0 Å². The van der Waals surface area contributed by atoms with E-state index in [2.05, 4.69) is 50.7 Å². The molecule has 0 saturated carbocycles. The summed E-state index contributed by atoms with van der Waals surface area (Å²) in [7, 11) is 0. The van der Waals surface area contributed by atoms with Crippen LogP contribution >= 0.6 is 23.5 Å². The van der Waals surface area contributed by atoms with Crippen LogP contribution in [-0.4, -0.2) is 10.5 Å². The Morgan fingerprint density at radius 2 is 1.13 bits per heavy atom. The summed E-state index contributed by atoms with van der Waals surface area (Å²) in [6.07, 6.45) is 4.90. The molecule has 4 rings (SSSR count). The van der Waals surface area contributed by atoms with Crippen LogP contribution in [-0.2, 0) is 23.2 Å². The molecule has 2 heterocycles. The van der Waals surface area contributed by atoms with Crippen molar-refractivity contribution in [2.24, 2.45) is 0 Å². The third-order valence-electron chi connectivity index (χ3n) is 4.88. The van der Waals surface area contributed by atoms with E-state index in [1.807, 2.05) is 23.5 Å². The Hall–Kier alpha value is 0.603. The third kappa shape index (κ3) is 3.22. The quantitative estimate of drug-likeness (QED) is 0.547. The van der Waals surface area contributed by atoms with Crippen LogP contribution in [0.5, 0.6) is 0 Å². The molecule has 0 radical (unpaired) electrons. The predicted molar refractivity (Wildman–Crippen MR) is 91.8 cm³/mol. The van der Waals surface area contributed by atoms with Gasteiger partial charge in [-0.05, 0) is 0 Å². The maximum Gasteiger partial charge on any atom is -1.00 e. The molecule has 0 saturated heterocycles. The van der Waals surface area contributed by atoms with E-state index in [-0.39, 0.29) is 24.8 Å². The molecule has 2 aliphatic carbocycles. The SMILES string of the molecule is CC1=CC2SC=[C]([Zr+2][C]3=CSC4C=C(C)C(C)=C34)C2=C1C.[Cl-].[Cl-]. The summed E-state index contributed by atoms with van der Waals surface area (Å²) in [6.45, 7) is 9.16. The van der Waals surface area contributed by atoms with E-state index in [0.717, 1.165) is 0 Å². The van der Waals surface area contributed by atoms with Gasteiger partial charge >= 0.3 is 148 Å². The van der Waals surface area contributed by atoms with Gasteiger partial charge in [0.05, 0.1) is 0 Å². The van der Waals surface area contributed by atoms with E-state index in [0.29, 0.717) is 10.5 Å². The smallest absolute Gasteiger partial charge is 1.00 e. The van der Waals surface area contributed by atoms with Gasteiger partial charge in [0.2, 0.25) is 0 Å². The molecule has 23 heavy (non-hydrogen) atoms. The van der Waals surface area contributed by atoms with E-state index in [1.54, 1.807) is 28.9 Å². The van der Waals surface area contributed by atoms with E-state index < -0.39 is 23.2 Å². The standard InChI is InChI=1S/2C9H9S.2ClH.Zr/c2*1-6-5-9-8(7(6)2)3-4-10-9;;;/h2*4-5,9H,1-2H3;2*1H;/q;;;;+2/p-2. The van der Waals surface area contributed by atoms with Crippen LogP contribution in [0.4, 0.5) is 0 Å². The van der Waals surface area contributed by atoms with Crippen molar-refractivity contribution in [2.75, 3.05) is 0 Å². The maximum atomic E-state index is 2.47. The van der Waals surface area contributed by atoms with Crippen molar-refractivity contribution in [1.29, 1.82) is 0 Å². The number of hydrogen-bond donors (Lipinski definition) is 0. The predicted octanol–water partition coefficient (Wildman–Crippen LogP) is -0.457. The molecule has 0 amide bonds. The number of halogens is 2. The molecule has 0 spiro atoms. The Morgan fingerprint density at radius 3 is 1.52 bits per heavy atom. The molecule has 0 N–H and O–H groups in total. The number of rotatable bonds is 2. The average Bonchev–Trinajstić information content (AvgIpc) is 3.14. The Balaban J connectivity index is 0.000000960. The van der Waals surface area contributed by atoms with Crippen molar-refractivity contribution in [3.05, 3.63) is 63.0 Å². The molecule has 0 aromatic rings. The van der Waals surface area contributed by atoms with Gasteiger partial charge < -0.3 is 24.8 Å². The van der Waals surface area contributed by atoms with Crippen LogP contribution in [0.3, 0.4) is 0 Å². The van der Waals surface area contributed by atoms with Gasteiger partial charge in [0, 0.05) is 0 Å². The van der Waals surface area contributed by atoms with Gasteiger partial charge in [0.25, 0.3) is 0 Å². The van der Waals surface area contributed by atoms with Crippen molar-refractivity contribution in [3.63, 3.8) is 0 Å². The summed E-state index contributed by atoms with van der Waals surface area (Å²) in [5.41, 5.74) is 9.42. The third-order valence-corrected chi connectivity index (χ3v) is 11.3.